The van der Waals surface area contributed by atoms with Gasteiger partial charge in [-0.15, -0.1) is 24.0 Å². The van der Waals surface area contributed by atoms with Crippen LogP contribution >= 0.6 is 24.0 Å². The number of aromatic nitrogens is 1. The number of pyridine rings is 1. The van der Waals surface area contributed by atoms with E-state index >= 15 is 0 Å². The van der Waals surface area contributed by atoms with Gasteiger partial charge >= 0.3 is 0 Å². The van der Waals surface area contributed by atoms with Gasteiger partial charge in [-0.2, -0.15) is 0 Å². The van der Waals surface area contributed by atoms with Gasteiger partial charge in [-0.3, -0.25) is 9.79 Å². The molecule has 2 aromatic rings. The number of piperazine rings is 1. The van der Waals surface area contributed by atoms with Crippen LogP contribution < -0.4 is 15.5 Å². The van der Waals surface area contributed by atoms with E-state index in [1.807, 2.05) is 48.7 Å². The molecule has 1 saturated heterocycles. The first kappa shape index (κ1) is 23.9. The van der Waals surface area contributed by atoms with Crippen molar-refractivity contribution in [3.05, 3.63) is 60.3 Å². The summed E-state index contributed by atoms with van der Waals surface area (Å²) in [6.07, 6.45) is 2.64. The lowest BCUT2D eigenvalue weighted by molar-refractivity contribution is 0.0953. The van der Waals surface area contributed by atoms with Crippen LogP contribution in [0.2, 0.25) is 0 Å². The summed E-state index contributed by atoms with van der Waals surface area (Å²) in [6, 6.07) is 15.3. The SMILES string of the molecule is CCNC(=NCCCNC(=O)c1ccccc1)N1CCN(c2ccccn2)CC1.I. The maximum absolute atomic E-state index is 12.1. The van der Waals surface area contributed by atoms with E-state index in [0.717, 1.165) is 50.9 Å². The Labute approximate surface area is 196 Å². The van der Waals surface area contributed by atoms with Crippen LogP contribution in [0.4, 0.5) is 5.82 Å². The lowest BCUT2D eigenvalue weighted by Gasteiger charge is -2.37. The molecule has 1 aromatic heterocycles. The number of benzene rings is 1. The predicted octanol–water partition coefficient (Wildman–Crippen LogP) is 2.61. The van der Waals surface area contributed by atoms with Gasteiger partial charge in [-0.05, 0) is 37.6 Å². The van der Waals surface area contributed by atoms with E-state index in [-0.39, 0.29) is 29.9 Å². The number of nitrogens with zero attached hydrogens (tertiary/aromatic N) is 4. The normalized spacial score (nSPS) is 14.1. The molecule has 3 rings (SSSR count). The lowest BCUT2D eigenvalue weighted by atomic mass is 10.2. The van der Waals surface area contributed by atoms with Crippen molar-refractivity contribution in [3.8, 4) is 0 Å². The summed E-state index contributed by atoms with van der Waals surface area (Å²) >= 11 is 0. The number of carbonyl (C=O) groups excluding carboxylic acids is 1. The molecule has 0 spiro atoms. The average molecular weight is 522 g/mol. The van der Waals surface area contributed by atoms with E-state index in [0.29, 0.717) is 18.7 Å². The van der Waals surface area contributed by atoms with Crippen LogP contribution in [-0.4, -0.2) is 67.6 Å². The Kier molecular flexibility index (Phi) is 10.4. The Morgan fingerprint density at radius 1 is 1.03 bits per heavy atom. The Bertz CT molecular complexity index is 779. The standard InChI is InChI=1S/C22H30N6O.HI/c1-2-23-22(26-14-8-13-25-21(29)19-9-4-3-5-10-19)28-17-15-27(16-18-28)20-11-6-7-12-24-20;/h3-7,9-12H,2,8,13-18H2,1H3,(H,23,26)(H,25,29);1H. The van der Waals surface area contributed by atoms with Crippen molar-refractivity contribution in [2.75, 3.05) is 50.7 Å². The third-order valence-electron chi connectivity index (χ3n) is 4.81. The second-order valence-electron chi connectivity index (χ2n) is 6.87. The highest BCUT2D eigenvalue weighted by Gasteiger charge is 2.20. The van der Waals surface area contributed by atoms with E-state index in [2.05, 4.69) is 38.4 Å². The summed E-state index contributed by atoms with van der Waals surface area (Å²) in [6.45, 7) is 7.88. The van der Waals surface area contributed by atoms with Gasteiger partial charge in [0.1, 0.15) is 5.82 Å². The highest BCUT2D eigenvalue weighted by atomic mass is 127. The van der Waals surface area contributed by atoms with E-state index in [1.54, 1.807) is 0 Å². The summed E-state index contributed by atoms with van der Waals surface area (Å²) < 4.78 is 0. The number of aliphatic imine (C=N–C) groups is 1. The zero-order chi connectivity index (χ0) is 20.3. The van der Waals surface area contributed by atoms with E-state index in [4.69, 9.17) is 4.99 Å². The monoisotopic (exact) mass is 522 g/mol. The molecule has 7 nitrogen and oxygen atoms in total. The van der Waals surface area contributed by atoms with Gasteiger partial charge in [0.2, 0.25) is 0 Å². The zero-order valence-corrected chi connectivity index (χ0v) is 19.8. The molecule has 0 unspecified atom stereocenters. The van der Waals surface area contributed by atoms with Gasteiger partial charge in [-0.25, -0.2) is 4.98 Å². The lowest BCUT2D eigenvalue weighted by Crippen LogP contribution is -2.52. The van der Waals surface area contributed by atoms with Crippen molar-refractivity contribution in [1.82, 2.24) is 20.5 Å². The molecule has 162 valence electrons. The highest BCUT2D eigenvalue weighted by molar-refractivity contribution is 14.0. The summed E-state index contributed by atoms with van der Waals surface area (Å²) in [7, 11) is 0. The molecule has 0 saturated carbocycles. The van der Waals surface area contributed by atoms with Gasteiger partial charge in [0.25, 0.3) is 5.91 Å². The molecule has 0 bridgehead atoms. The molecule has 1 aromatic carbocycles. The number of hydrogen-bond donors (Lipinski definition) is 2. The minimum Gasteiger partial charge on any atom is -0.357 e. The number of hydrogen-bond acceptors (Lipinski definition) is 4. The van der Waals surface area contributed by atoms with Crippen molar-refractivity contribution in [2.24, 2.45) is 4.99 Å². The van der Waals surface area contributed by atoms with Gasteiger partial charge in [0, 0.05) is 57.6 Å². The Morgan fingerprint density at radius 2 is 1.77 bits per heavy atom. The van der Waals surface area contributed by atoms with Crippen molar-refractivity contribution in [3.63, 3.8) is 0 Å². The Morgan fingerprint density at radius 3 is 2.43 bits per heavy atom. The molecule has 8 heteroatoms. The van der Waals surface area contributed by atoms with Gasteiger partial charge in [0.05, 0.1) is 0 Å². The fourth-order valence-electron chi connectivity index (χ4n) is 3.27. The van der Waals surface area contributed by atoms with Crippen molar-refractivity contribution in [1.29, 1.82) is 0 Å². The summed E-state index contributed by atoms with van der Waals surface area (Å²) in [4.78, 5) is 25.9. The minimum absolute atomic E-state index is 0. The van der Waals surface area contributed by atoms with Crippen LogP contribution in [-0.2, 0) is 0 Å². The molecule has 2 N–H and O–H groups in total. The fourth-order valence-corrected chi connectivity index (χ4v) is 3.27. The average Bonchev–Trinajstić information content (AvgIpc) is 2.79. The number of nitrogens with one attached hydrogen (secondary N) is 2. The molecular weight excluding hydrogens is 491 g/mol. The van der Waals surface area contributed by atoms with Crippen LogP contribution in [0.25, 0.3) is 0 Å². The molecule has 0 atom stereocenters. The molecular formula is C22H31IN6O. The van der Waals surface area contributed by atoms with Gasteiger partial charge in [-0.1, -0.05) is 24.3 Å². The van der Waals surface area contributed by atoms with Crippen LogP contribution in [0.3, 0.4) is 0 Å². The second kappa shape index (κ2) is 13.0. The molecule has 2 heterocycles. The van der Waals surface area contributed by atoms with Crippen molar-refractivity contribution >= 4 is 41.7 Å². The first-order valence-electron chi connectivity index (χ1n) is 10.3. The predicted molar refractivity (Wildman–Crippen MR) is 133 cm³/mol. The molecule has 1 aliphatic rings. The van der Waals surface area contributed by atoms with Crippen LogP contribution in [0, 0.1) is 0 Å². The largest absolute Gasteiger partial charge is 0.357 e. The Balaban J connectivity index is 0.00000320. The van der Waals surface area contributed by atoms with E-state index in [9.17, 15) is 4.79 Å². The molecule has 0 radical (unpaired) electrons. The number of anilines is 1. The third-order valence-corrected chi connectivity index (χ3v) is 4.81. The van der Waals surface area contributed by atoms with Crippen LogP contribution in [0.15, 0.2) is 59.7 Å². The van der Waals surface area contributed by atoms with E-state index in [1.165, 1.54) is 0 Å². The summed E-state index contributed by atoms with van der Waals surface area (Å²) in [5.41, 5.74) is 0.690. The highest BCUT2D eigenvalue weighted by Crippen LogP contribution is 2.12. The zero-order valence-electron chi connectivity index (χ0n) is 17.5. The fraction of sp³-hybridized carbons (Fsp3) is 0.409. The maximum Gasteiger partial charge on any atom is 0.251 e. The molecule has 1 aliphatic heterocycles. The van der Waals surface area contributed by atoms with E-state index < -0.39 is 0 Å². The molecule has 0 aliphatic carbocycles. The summed E-state index contributed by atoms with van der Waals surface area (Å²) in [5, 5.41) is 6.34. The molecule has 1 fully saturated rings. The number of guanidine groups is 1. The quantitative estimate of drug-likeness (QED) is 0.253. The Hall–Kier alpha value is -2.36. The van der Waals surface area contributed by atoms with Crippen LogP contribution in [0.1, 0.15) is 23.7 Å². The number of halogens is 1. The first-order valence-corrected chi connectivity index (χ1v) is 10.3. The molecule has 1 amide bonds. The number of amides is 1. The van der Waals surface area contributed by atoms with Gasteiger partial charge in [0.15, 0.2) is 5.96 Å². The molecule has 30 heavy (non-hydrogen) atoms. The second-order valence-corrected chi connectivity index (χ2v) is 6.87. The third kappa shape index (κ3) is 7.16. The van der Waals surface area contributed by atoms with Crippen LogP contribution in [0.5, 0.6) is 0 Å². The number of carbonyl (C=O) groups is 1. The number of rotatable bonds is 7. The smallest absolute Gasteiger partial charge is 0.251 e. The topological polar surface area (TPSA) is 72.9 Å². The van der Waals surface area contributed by atoms with Gasteiger partial charge < -0.3 is 20.4 Å². The van der Waals surface area contributed by atoms with Crippen molar-refractivity contribution in [2.45, 2.75) is 13.3 Å². The maximum atomic E-state index is 12.1. The minimum atomic E-state index is -0.0351. The van der Waals surface area contributed by atoms with Crippen molar-refractivity contribution < 1.29 is 4.79 Å². The first-order chi connectivity index (χ1) is 14.3. The summed E-state index contributed by atoms with van der Waals surface area (Å²) in [5.74, 6) is 1.94.